The first-order valence-corrected chi connectivity index (χ1v) is 18.0. The van der Waals surface area contributed by atoms with Gasteiger partial charge in [-0.05, 0) is 68.8 Å². The average Bonchev–Trinajstić information content (AvgIpc) is 3.69. The van der Waals surface area contributed by atoms with Gasteiger partial charge in [0.1, 0.15) is 11.2 Å². The van der Waals surface area contributed by atoms with Crippen molar-refractivity contribution < 1.29 is 11.3 Å². The molecule has 0 fully saturated rings. The third-order valence-electron chi connectivity index (χ3n) is 9.85. The van der Waals surface area contributed by atoms with Gasteiger partial charge in [0.15, 0.2) is 17.5 Å². The highest BCUT2D eigenvalue weighted by Gasteiger charge is 2.17. The van der Waals surface area contributed by atoms with Gasteiger partial charge < -0.3 is 4.42 Å². The van der Waals surface area contributed by atoms with E-state index in [9.17, 15) is 0 Å². The molecule has 0 radical (unpaired) electrons. The predicted octanol–water partition coefficient (Wildman–Crippen LogP) is 13.4. The lowest BCUT2D eigenvalue weighted by atomic mass is 9.96. The lowest BCUT2D eigenvalue weighted by Crippen LogP contribution is -2.00. The standard InChI is InChI=1S/C51H33N3O/c1-4-12-34(13-5-1)36-22-24-37(25-23-36)38-26-28-39(29-27-38)44-20-11-21-46-48(44)45-31-30-43(33-47(45)55-46)51-53-49(40-16-8-3-9-17-40)52-50(54-51)42-19-10-18-41(32-42)35-14-6-2-7-15-35/h1-33H/i2D,6D,7D,14D,15D. The Kier molecular flexibility index (Phi) is 6.85. The zero-order chi connectivity index (χ0) is 40.9. The van der Waals surface area contributed by atoms with Crippen LogP contribution in [0.4, 0.5) is 0 Å². The highest BCUT2D eigenvalue weighted by molar-refractivity contribution is 6.13. The van der Waals surface area contributed by atoms with Crippen molar-refractivity contribution in [2.75, 3.05) is 0 Å². The second-order valence-electron chi connectivity index (χ2n) is 13.3. The Morgan fingerprint density at radius 1 is 0.345 bits per heavy atom. The lowest BCUT2D eigenvalue weighted by Gasteiger charge is -2.10. The molecule has 10 rings (SSSR count). The van der Waals surface area contributed by atoms with E-state index in [0.29, 0.717) is 34.2 Å². The molecular formula is C51H33N3O. The van der Waals surface area contributed by atoms with Crippen molar-refractivity contribution in [2.24, 2.45) is 0 Å². The lowest BCUT2D eigenvalue weighted by molar-refractivity contribution is 0.669. The van der Waals surface area contributed by atoms with E-state index in [0.717, 1.165) is 49.7 Å². The SMILES string of the molecule is [2H]c1c([2H])c([2H])c(-c2cccc(-c3nc(-c4ccccc4)nc(-c4ccc5c(c4)oc4cccc(-c6ccc(-c7ccc(-c8ccccc8)cc7)cc6)c45)n3)c2)c([2H])c1[2H]. The zero-order valence-electron chi connectivity index (χ0n) is 34.4. The molecule has 0 spiro atoms. The summed E-state index contributed by atoms with van der Waals surface area (Å²) in [6.07, 6.45) is 0. The molecule has 0 aliphatic heterocycles. The van der Waals surface area contributed by atoms with Crippen LogP contribution in [0, 0.1) is 0 Å². The largest absolute Gasteiger partial charge is 0.456 e. The summed E-state index contributed by atoms with van der Waals surface area (Å²) in [5, 5.41) is 1.98. The summed E-state index contributed by atoms with van der Waals surface area (Å²) in [6.45, 7) is 0. The van der Waals surface area contributed by atoms with E-state index < -0.39 is 18.1 Å². The number of benzene rings is 8. The molecule has 4 heteroatoms. The fourth-order valence-electron chi connectivity index (χ4n) is 7.09. The smallest absolute Gasteiger partial charge is 0.164 e. The van der Waals surface area contributed by atoms with Gasteiger partial charge in [-0.3, -0.25) is 0 Å². The average molecular weight is 709 g/mol. The molecule has 8 aromatic carbocycles. The number of fused-ring (bicyclic) bond motifs is 3. The van der Waals surface area contributed by atoms with Crippen LogP contribution in [-0.4, -0.2) is 15.0 Å². The molecule has 0 atom stereocenters. The highest BCUT2D eigenvalue weighted by Crippen LogP contribution is 2.39. The number of aromatic nitrogens is 3. The van der Waals surface area contributed by atoms with Crippen LogP contribution in [0.1, 0.15) is 6.85 Å². The van der Waals surface area contributed by atoms with Crippen LogP contribution in [0.5, 0.6) is 0 Å². The molecule has 258 valence electrons. The first-order valence-electron chi connectivity index (χ1n) is 20.5. The quantitative estimate of drug-likeness (QED) is 0.165. The van der Waals surface area contributed by atoms with Gasteiger partial charge in [-0.15, -0.1) is 0 Å². The molecule has 0 unspecified atom stereocenters. The van der Waals surface area contributed by atoms with E-state index >= 15 is 0 Å². The molecular weight excluding hydrogens is 671 g/mol. The van der Waals surface area contributed by atoms with Crippen LogP contribution in [-0.2, 0) is 0 Å². The van der Waals surface area contributed by atoms with Gasteiger partial charge in [0, 0.05) is 27.5 Å². The Hall–Kier alpha value is -7.43. The Bertz CT molecular complexity index is 3210. The van der Waals surface area contributed by atoms with Crippen LogP contribution in [0.25, 0.3) is 101 Å². The molecule has 2 heterocycles. The van der Waals surface area contributed by atoms with Gasteiger partial charge in [-0.25, -0.2) is 15.0 Å². The van der Waals surface area contributed by atoms with Crippen LogP contribution in [0.3, 0.4) is 0 Å². The van der Waals surface area contributed by atoms with E-state index in [1.54, 1.807) is 18.2 Å². The van der Waals surface area contributed by atoms with Crippen molar-refractivity contribution in [1.82, 2.24) is 15.0 Å². The van der Waals surface area contributed by atoms with Gasteiger partial charge in [-0.2, -0.15) is 0 Å². The van der Waals surface area contributed by atoms with E-state index in [2.05, 4.69) is 78.9 Å². The molecule has 0 saturated heterocycles. The van der Waals surface area contributed by atoms with Gasteiger partial charge in [0.2, 0.25) is 0 Å². The summed E-state index contributed by atoms with van der Waals surface area (Å²) in [5.41, 5.74) is 11.0. The minimum Gasteiger partial charge on any atom is -0.456 e. The summed E-state index contributed by atoms with van der Waals surface area (Å²) in [5.74, 6) is 1.27. The molecule has 0 bridgehead atoms. The van der Waals surface area contributed by atoms with Crippen LogP contribution >= 0.6 is 0 Å². The highest BCUT2D eigenvalue weighted by atomic mass is 16.3. The van der Waals surface area contributed by atoms with E-state index in [1.165, 1.54) is 11.1 Å². The molecule has 4 nitrogen and oxygen atoms in total. The number of hydrogen-bond acceptors (Lipinski definition) is 4. The van der Waals surface area contributed by atoms with Gasteiger partial charge in [0.25, 0.3) is 0 Å². The summed E-state index contributed by atoms with van der Waals surface area (Å²) in [4.78, 5) is 14.7. The van der Waals surface area contributed by atoms with Crippen molar-refractivity contribution >= 4 is 21.9 Å². The second kappa shape index (κ2) is 13.8. The zero-order valence-corrected chi connectivity index (χ0v) is 29.4. The van der Waals surface area contributed by atoms with E-state index in [4.69, 9.17) is 26.2 Å². The van der Waals surface area contributed by atoms with E-state index in [1.807, 2.05) is 72.8 Å². The second-order valence-corrected chi connectivity index (χ2v) is 13.3. The third kappa shape index (κ3) is 6.26. The fraction of sp³-hybridized carbons (Fsp3) is 0. The number of furan rings is 1. The van der Waals surface area contributed by atoms with Gasteiger partial charge in [0.05, 0.1) is 6.85 Å². The van der Waals surface area contributed by atoms with Crippen molar-refractivity contribution in [3.05, 3.63) is 200 Å². The summed E-state index contributed by atoms with van der Waals surface area (Å²) >= 11 is 0. The van der Waals surface area contributed by atoms with Gasteiger partial charge >= 0.3 is 0 Å². The van der Waals surface area contributed by atoms with Crippen molar-refractivity contribution in [2.45, 2.75) is 0 Å². The number of rotatable bonds is 7. The van der Waals surface area contributed by atoms with Crippen LogP contribution in [0.2, 0.25) is 0 Å². The first-order chi connectivity index (χ1) is 29.3. The Morgan fingerprint density at radius 3 is 1.49 bits per heavy atom. The predicted molar refractivity (Wildman–Crippen MR) is 225 cm³/mol. The molecule has 2 aromatic heterocycles. The maximum Gasteiger partial charge on any atom is 0.164 e. The van der Waals surface area contributed by atoms with Crippen LogP contribution in [0.15, 0.2) is 204 Å². The molecule has 10 aromatic rings. The number of nitrogens with zero attached hydrogens (tertiary/aromatic N) is 3. The van der Waals surface area contributed by atoms with Gasteiger partial charge in [-0.1, -0.05) is 176 Å². The minimum atomic E-state index is -0.437. The van der Waals surface area contributed by atoms with Crippen LogP contribution < -0.4 is 0 Å². The molecule has 55 heavy (non-hydrogen) atoms. The molecule has 0 amide bonds. The Morgan fingerprint density at radius 2 is 0.836 bits per heavy atom. The van der Waals surface area contributed by atoms with Crippen molar-refractivity contribution in [1.29, 1.82) is 0 Å². The Balaban J connectivity index is 1.02. The van der Waals surface area contributed by atoms with Crippen molar-refractivity contribution in [3.63, 3.8) is 0 Å². The fourth-order valence-corrected chi connectivity index (χ4v) is 7.09. The first kappa shape index (κ1) is 27.2. The summed E-state index contributed by atoms with van der Waals surface area (Å²) in [6, 6.07) is 54.8. The maximum absolute atomic E-state index is 8.56. The van der Waals surface area contributed by atoms with Crippen molar-refractivity contribution in [3.8, 4) is 78.7 Å². The minimum absolute atomic E-state index is 0.111. The maximum atomic E-state index is 8.56. The third-order valence-corrected chi connectivity index (χ3v) is 9.85. The topological polar surface area (TPSA) is 51.8 Å². The number of hydrogen-bond donors (Lipinski definition) is 0. The molecule has 0 saturated carbocycles. The Labute approximate surface area is 326 Å². The summed E-state index contributed by atoms with van der Waals surface area (Å²) in [7, 11) is 0. The molecule has 0 aliphatic carbocycles. The normalized spacial score (nSPS) is 12.5. The summed E-state index contributed by atoms with van der Waals surface area (Å²) < 4.78 is 48.1. The molecule has 0 aliphatic rings. The van der Waals surface area contributed by atoms with E-state index in [-0.39, 0.29) is 17.6 Å². The molecule has 0 N–H and O–H groups in total. The monoisotopic (exact) mass is 708 g/mol.